The molecule has 0 saturated carbocycles. The monoisotopic (exact) mass is 347 g/mol. The first-order valence-corrected chi connectivity index (χ1v) is 8.14. The lowest BCUT2D eigenvalue weighted by Crippen LogP contribution is -2.32. The number of nitrogens with one attached hydrogen (secondary N) is 1. The number of nitrogens with zero attached hydrogens (tertiary/aromatic N) is 2. The van der Waals surface area contributed by atoms with Crippen molar-refractivity contribution in [2.75, 3.05) is 13.1 Å². The summed E-state index contributed by atoms with van der Waals surface area (Å²) in [6.07, 6.45) is 4.63. The second-order valence-corrected chi connectivity index (χ2v) is 6.30. The third kappa shape index (κ3) is 3.35. The number of amides is 1. The van der Waals surface area contributed by atoms with Gasteiger partial charge in [-0.1, -0.05) is 40.9 Å². The normalized spacial score (nSPS) is 15.8. The molecule has 0 unspecified atom stereocenters. The van der Waals surface area contributed by atoms with Gasteiger partial charge in [0.1, 0.15) is 5.69 Å². The van der Waals surface area contributed by atoms with Crippen molar-refractivity contribution in [3.8, 4) is 11.3 Å². The minimum atomic E-state index is 0.0627. The highest BCUT2D eigenvalue weighted by Gasteiger charge is 2.19. The Bertz CT molecular complexity index is 613. The quantitative estimate of drug-likeness (QED) is 0.896. The van der Waals surface area contributed by atoms with Crippen molar-refractivity contribution in [3.05, 3.63) is 40.5 Å². The molecule has 5 heteroatoms. The second-order valence-electron chi connectivity index (χ2n) is 5.38. The van der Waals surface area contributed by atoms with Crippen molar-refractivity contribution in [2.24, 2.45) is 0 Å². The van der Waals surface area contributed by atoms with E-state index >= 15 is 0 Å². The van der Waals surface area contributed by atoms with E-state index in [2.05, 4.69) is 26.1 Å². The molecular weight excluding hydrogens is 330 g/mol. The molecule has 4 nitrogen and oxygen atoms in total. The van der Waals surface area contributed by atoms with Crippen molar-refractivity contribution in [3.63, 3.8) is 0 Å². The topological polar surface area (TPSA) is 49.0 Å². The van der Waals surface area contributed by atoms with Crippen LogP contribution in [0.25, 0.3) is 11.3 Å². The van der Waals surface area contributed by atoms with E-state index < -0.39 is 0 Å². The van der Waals surface area contributed by atoms with Gasteiger partial charge in [0.05, 0.1) is 5.69 Å². The van der Waals surface area contributed by atoms with Crippen molar-refractivity contribution >= 4 is 21.8 Å². The molecular formula is C16H18BrN3O. The van der Waals surface area contributed by atoms with Crippen LogP contribution in [0, 0.1) is 0 Å². The third-order valence-electron chi connectivity index (χ3n) is 3.84. The maximum absolute atomic E-state index is 12.5. The van der Waals surface area contributed by atoms with Gasteiger partial charge in [-0.25, -0.2) is 0 Å². The maximum atomic E-state index is 12.5. The van der Waals surface area contributed by atoms with Crippen molar-refractivity contribution in [1.29, 1.82) is 0 Å². The van der Waals surface area contributed by atoms with E-state index in [1.165, 1.54) is 12.8 Å². The van der Waals surface area contributed by atoms with Crippen LogP contribution < -0.4 is 0 Å². The number of hydrogen-bond acceptors (Lipinski definition) is 2. The summed E-state index contributed by atoms with van der Waals surface area (Å²) in [5, 5.41) is 7.15. The molecule has 1 fully saturated rings. The lowest BCUT2D eigenvalue weighted by atomic mass is 10.1. The number of carbonyl (C=O) groups excluding carboxylic acids is 1. The number of likely N-dealkylation sites (tertiary alicyclic amines) is 1. The molecule has 0 spiro atoms. The molecule has 1 saturated heterocycles. The van der Waals surface area contributed by atoms with Crippen molar-refractivity contribution < 1.29 is 4.79 Å². The highest BCUT2D eigenvalue weighted by molar-refractivity contribution is 9.10. The van der Waals surface area contributed by atoms with Crippen molar-refractivity contribution in [1.82, 2.24) is 15.1 Å². The molecule has 1 amide bonds. The Morgan fingerprint density at radius 1 is 1.10 bits per heavy atom. The maximum Gasteiger partial charge on any atom is 0.271 e. The first-order chi connectivity index (χ1) is 10.2. The number of aromatic amines is 1. The lowest BCUT2D eigenvalue weighted by molar-refractivity contribution is 0.0755. The molecule has 0 radical (unpaired) electrons. The number of hydrogen-bond donors (Lipinski definition) is 1. The molecule has 0 atom stereocenters. The summed E-state index contributed by atoms with van der Waals surface area (Å²) in [6.45, 7) is 1.71. The molecule has 1 N–H and O–H groups in total. The predicted molar refractivity (Wildman–Crippen MR) is 86.1 cm³/mol. The van der Waals surface area contributed by atoms with Crippen LogP contribution in [0.3, 0.4) is 0 Å². The molecule has 0 bridgehead atoms. The minimum absolute atomic E-state index is 0.0627. The fourth-order valence-electron chi connectivity index (χ4n) is 2.64. The fraction of sp³-hybridized carbons (Fsp3) is 0.375. The van der Waals surface area contributed by atoms with Crippen LogP contribution in [0.5, 0.6) is 0 Å². The molecule has 1 aliphatic rings. The standard InChI is InChI=1S/C16H18BrN3O/c17-13-7-5-12(6-8-13)14-11-15(19-18-14)16(21)20-9-3-1-2-4-10-20/h5-8,11H,1-4,9-10H2,(H,18,19). The Kier molecular flexibility index (Phi) is 4.39. The molecule has 2 heterocycles. The van der Waals surface area contributed by atoms with Gasteiger partial charge < -0.3 is 4.90 Å². The molecule has 3 rings (SSSR count). The zero-order valence-corrected chi connectivity index (χ0v) is 13.4. The van der Waals surface area contributed by atoms with Gasteiger partial charge in [0, 0.05) is 23.1 Å². The molecule has 1 aromatic carbocycles. The zero-order valence-electron chi connectivity index (χ0n) is 11.8. The van der Waals surface area contributed by atoms with E-state index in [1.54, 1.807) is 0 Å². The van der Waals surface area contributed by atoms with Gasteiger partial charge in [0.25, 0.3) is 5.91 Å². The Labute approximate surface area is 132 Å². The van der Waals surface area contributed by atoms with Gasteiger partial charge in [-0.15, -0.1) is 0 Å². The largest absolute Gasteiger partial charge is 0.337 e. The first-order valence-electron chi connectivity index (χ1n) is 7.35. The number of benzene rings is 1. The summed E-state index contributed by atoms with van der Waals surface area (Å²) >= 11 is 3.42. The summed E-state index contributed by atoms with van der Waals surface area (Å²) in [5.74, 6) is 0.0627. The van der Waals surface area contributed by atoms with E-state index in [1.807, 2.05) is 35.2 Å². The number of aromatic nitrogens is 2. The smallest absolute Gasteiger partial charge is 0.271 e. The average Bonchev–Trinajstić information content (AvgIpc) is 2.83. The summed E-state index contributed by atoms with van der Waals surface area (Å²) in [5.41, 5.74) is 2.39. The molecule has 0 aliphatic carbocycles. The summed E-state index contributed by atoms with van der Waals surface area (Å²) in [6, 6.07) is 9.76. The first kappa shape index (κ1) is 14.3. The van der Waals surface area contributed by atoms with E-state index in [0.717, 1.165) is 41.7 Å². The fourth-order valence-corrected chi connectivity index (χ4v) is 2.91. The lowest BCUT2D eigenvalue weighted by Gasteiger charge is -2.18. The highest BCUT2D eigenvalue weighted by atomic mass is 79.9. The van der Waals surface area contributed by atoms with Gasteiger partial charge in [0.15, 0.2) is 0 Å². The number of H-pyrrole nitrogens is 1. The SMILES string of the molecule is O=C(c1cc(-c2ccc(Br)cc2)n[nH]1)N1CCCCCC1. The van der Waals surface area contributed by atoms with Crippen LogP contribution in [0.2, 0.25) is 0 Å². The van der Waals surface area contributed by atoms with E-state index in [4.69, 9.17) is 0 Å². The predicted octanol–water partition coefficient (Wildman–Crippen LogP) is 3.86. The summed E-state index contributed by atoms with van der Waals surface area (Å²) in [7, 11) is 0. The summed E-state index contributed by atoms with van der Waals surface area (Å²) < 4.78 is 1.03. The zero-order chi connectivity index (χ0) is 14.7. The molecule has 2 aromatic rings. The number of carbonyl (C=O) groups is 1. The number of halogens is 1. The molecule has 1 aromatic heterocycles. The van der Waals surface area contributed by atoms with E-state index in [-0.39, 0.29) is 5.91 Å². The molecule has 21 heavy (non-hydrogen) atoms. The second kappa shape index (κ2) is 6.43. The van der Waals surface area contributed by atoms with Gasteiger partial charge in [-0.05, 0) is 31.0 Å². The van der Waals surface area contributed by atoms with Crippen LogP contribution in [-0.2, 0) is 0 Å². The Morgan fingerprint density at radius 3 is 2.43 bits per heavy atom. The number of rotatable bonds is 2. The van der Waals surface area contributed by atoms with Gasteiger partial charge >= 0.3 is 0 Å². The Morgan fingerprint density at radius 2 is 1.76 bits per heavy atom. The summed E-state index contributed by atoms with van der Waals surface area (Å²) in [4.78, 5) is 14.4. The van der Waals surface area contributed by atoms with Gasteiger partial charge in [-0.3, -0.25) is 9.89 Å². The highest BCUT2D eigenvalue weighted by Crippen LogP contribution is 2.21. The minimum Gasteiger partial charge on any atom is -0.337 e. The van der Waals surface area contributed by atoms with Crippen LogP contribution >= 0.6 is 15.9 Å². The van der Waals surface area contributed by atoms with Crippen LogP contribution in [0.15, 0.2) is 34.8 Å². The average molecular weight is 348 g/mol. The van der Waals surface area contributed by atoms with E-state index in [9.17, 15) is 4.79 Å². The van der Waals surface area contributed by atoms with Crippen molar-refractivity contribution in [2.45, 2.75) is 25.7 Å². The van der Waals surface area contributed by atoms with Crippen LogP contribution in [-0.4, -0.2) is 34.1 Å². The van der Waals surface area contributed by atoms with E-state index in [0.29, 0.717) is 5.69 Å². The third-order valence-corrected chi connectivity index (χ3v) is 4.37. The van der Waals surface area contributed by atoms with Crippen LogP contribution in [0.1, 0.15) is 36.2 Å². The molecule has 110 valence electrons. The Hall–Kier alpha value is -1.62. The molecule has 1 aliphatic heterocycles. The Balaban J connectivity index is 1.77. The van der Waals surface area contributed by atoms with Gasteiger partial charge in [0.2, 0.25) is 0 Å². The van der Waals surface area contributed by atoms with Crippen LogP contribution in [0.4, 0.5) is 0 Å². The van der Waals surface area contributed by atoms with Gasteiger partial charge in [-0.2, -0.15) is 5.10 Å².